The van der Waals surface area contributed by atoms with Crippen molar-refractivity contribution >= 4 is 5.88 Å². The molecule has 0 aromatic carbocycles. The van der Waals surface area contributed by atoms with Crippen LogP contribution in [0.2, 0.25) is 0 Å². The Hall–Kier alpha value is -1.26. The van der Waals surface area contributed by atoms with Gasteiger partial charge in [-0.2, -0.15) is 0 Å². The Morgan fingerprint density at radius 3 is 3.25 bits per heavy atom. The van der Waals surface area contributed by atoms with Crippen LogP contribution in [0.5, 0.6) is 0 Å². The highest BCUT2D eigenvalue weighted by Crippen LogP contribution is 2.17. The summed E-state index contributed by atoms with van der Waals surface area (Å²) in [6.45, 7) is 0.679. The van der Waals surface area contributed by atoms with E-state index in [1.54, 1.807) is 29.5 Å². The summed E-state index contributed by atoms with van der Waals surface area (Å²) in [6, 6.07) is 3.57. The first-order chi connectivity index (χ1) is 5.88. The van der Waals surface area contributed by atoms with Crippen LogP contribution in [0.15, 0.2) is 35.1 Å². The molecule has 0 aliphatic carbocycles. The maximum absolute atomic E-state index is 9.44. The molecule has 4 nitrogen and oxygen atoms in total. The second kappa shape index (κ2) is 3.00. The van der Waals surface area contributed by atoms with Crippen LogP contribution in [-0.4, -0.2) is 18.0 Å². The molecule has 4 heteroatoms. The van der Waals surface area contributed by atoms with E-state index in [0.29, 0.717) is 12.4 Å². The summed E-state index contributed by atoms with van der Waals surface area (Å²) < 4.78 is 5.12. The van der Waals surface area contributed by atoms with Gasteiger partial charge in [0.2, 0.25) is 5.88 Å². The lowest BCUT2D eigenvalue weighted by Crippen LogP contribution is -2.45. The first-order valence-corrected chi connectivity index (χ1v) is 3.78. The Morgan fingerprint density at radius 2 is 2.58 bits per heavy atom. The Balaban J connectivity index is 2.22. The molecule has 2 heterocycles. The fourth-order valence-electron chi connectivity index (χ4n) is 1.13. The van der Waals surface area contributed by atoms with Gasteiger partial charge in [0.15, 0.2) is 6.35 Å². The number of anilines is 1. The van der Waals surface area contributed by atoms with E-state index < -0.39 is 6.35 Å². The third-order valence-electron chi connectivity index (χ3n) is 1.71. The zero-order valence-electron chi connectivity index (χ0n) is 6.47. The van der Waals surface area contributed by atoms with Gasteiger partial charge in [-0.05, 0) is 6.07 Å². The van der Waals surface area contributed by atoms with Crippen molar-refractivity contribution in [1.29, 1.82) is 0 Å². The third-order valence-corrected chi connectivity index (χ3v) is 1.71. The van der Waals surface area contributed by atoms with Crippen LogP contribution in [0, 0.1) is 0 Å². The molecule has 2 rings (SSSR count). The molecular formula is C8H10N2O2. The predicted molar refractivity (Wildman–Crippen MR) is 44.3 cm³/mol. The Bertz CT molecular complexity index is 269. The molecule has 1 aromatic rings. The van der Waals surface area contributed by atoms with E-state index >= 15 is 0 Å². The zero-order valence-corrected chi connectivity index (χ0v) is 6.47. The normalized spacial score (nSPS) is 23.1. The molecule has 12 heavy (non-hydrogen) atoms. The van der Waals surface area contributed by atoms with Gasteiger partial charge in [0, 0.05) is 18.8 Å². The standard InChI is InChI=1S/C8H10N2O2/c11-8-9-4-2-5-10(8)7-3-1-6-12-7/h1-3,5-6,8-9,11H,4H2. The predicted octanol–water partition coefficient (Wildman–Crippen LogP) is 0.479. The van der Waals surface area contributed by atoms with Gasteiger partial charge in [0.25, 0.3) is 0 Å². The molecule has 0 saturated heterocycles. The molecule has 1 unspecified atom stereocenters. The summed E-state index contributed by atoms with van der Waals surface area (Å²) in [4.78, 5) is 1.61. The lowest BCUT2D eigenvalue weighted by Gasteiger charge is -2.27. The molecule has 0 saturated carbocycles. The second-order valence-corrected chi connectivity index (χ2v) is 2.53. The maximum Gasteiger partial charge on any atom is 0.202 e. The number of aliphatic hydroxyl groups is 1. The van der Waals surface area contributed by atoms with Crippen LogP contribution < -0.4 is 10.2 Å². The van der Waals surface area contributed by atoms with E-state index in [0.717, 1.165) is 0 Å². The van der Waals surface area contributed by atoms with Gasteiger partial charge in [-0.25, -0.2) is 0 Å². The van der Waals surface area contributed by atoms with Crippen molar-refractivity contribution < 1.29 is 9.52 Å². The molecule has 0 spiro atoms. The van der Waals surface area contributed by atoms with E-state index in [9.17, 15) is 5.11 Å². The summed E-state index contributed by atoms with van der Waals surface area (Å²) in [7, 11) is 0. The average molecular weight is 166 g/mol. The molecule has 2 N–H and O–H groups in total. The lowest BCUT2D eigenvalue weighted by molar-refractivity contribution is 0.138. The van der Waals surface area contributed by atoms with Crippen molar-refractivity contribution in [3.63, 3.8) is 0 Å². The van der Waals surface area contributed by atoms with E-state index in [2.05, 4.69) is 5.32 Å². The van der Waals surface area contributed by atoms with Crippen LogP contribution in [0.3, 0.4) is 0 Å². The first kappa shape index (κ1) is 7.39. The number of hydrogen-bond donors (Lipinski definition) is 2. The number of hydrogen-bond acceptors (Lipinski definition) is 4. The van der Waals surface area contributed by atoms with Crippen molar-refractivity contribution in [2.45, 2.75) is 6.35 Å². The fourth-order valence-corrected chi connectivity index (χ4v) is 1.13. The number of aliphatic hydroxyl groups excluding tert-OH is 1. The van der Waals surface area contributed by atoms with Gasteiger partial charge in [0.1, 0.15) is 0 Å². The molecule has 1 aliphatic heterocycles. The highest BCUT2D eigenvalue weighted by molar-refractivity contribution is 5.40. The van der Waals surface area contributed by atoms with Gasteiger partial charge in [-0.1, -0.05) is 6.08 Å². The van der Waals surface area contributed by atoms with Gasteiger partial charge in [-0.3, -0.25) is 10.2 Å². The van der Waals surface area contributed by atoms with Crippen LogP contribution >= 0.6 is 0 Å². The minimum absolute atomic E-state index is 0.631. The van der Waals surface area contributed by atoms with Crippen molar-refractivity contribution in [3.8, 4) is 0 Å². The highest BCUT2D eigenvalue weighted by atomic mass is 16.4. The van der Waals surface area contributed by atoms with Crippen molar-refractivity contribution in [3.05, 3.63) is 30.7 Å². The monoisotopic (exact) mass is 166 g/mol. The number of nitrogens with one attached hydrogen (secondary N) is 1. The van der Waals surface area contributed by atoms with Crippen LogP contribution in [0.1, 0.15) is 0 Å². The number of nitrogens with zero attached hydrogens (tertiary/aromatic N) is 1. The minimum Gasteiger partial charge on any atom is -0.448 e. The average Bonchev–Trinajstić information content (AvgIpc) is 2.57. The Kier molecular flexibility index (Phi) is 1.85. The molecule has 0 amide bonds. The lowest BCUT2D eigenvalue weighted by atomic mass is 10.4. The van der Waals surface area contributed by atoms with Gasteiger partial charge in [0.05, 0.1) is 6.26 Å². The molecule has 1 aliphatic rings. The smallest absolute Gasteiger partial charge is 0.202 e. The summed E-state index contributed by atoms with van der Waals surface area (Å²) in [6.07, 6.45) is 4.58. The van der Waals surface area contributed by atoms with Crippen LogP contribution in [0.4, 0.5) is 5.88 Å². The Labute approximate surface area is 70.1 Å². The zero-order chi connectivity index (χ0) is 8.39. The SMILES string of the molecule is OC1NCC=CN1c1ccco1. The maximum atomic E-state index is 9.44. The first-order valence-electron chi connectivity index (χ1n) is 3.78. The van der Waals surface area contributed by atoms with E-state index in [1.165, 1.54) is 0 Å². The van der Waals surface area contributed by atoms with Crippen LogP contribution in [-0.2, 0) is 0 Å². The number of rotatable bonds is 1. The van der Waals surface area contributed by atoms with E-state index in [-0.39, 0.29) is 0 Å². The van der Waals surface area contributed by atoms with Crippen molar-refractivity contribution in [1.82, 2.24) is 5.32 Å². The molecule has 1 atom stereocenters. The van der Waals surface area contributed by atoms with E-state index in [1.807, 2.05) is 6.08 Å². The molecular weight excluding hydrogens is 156 g/mol. The molecule has 64 valence electrons. The van der Waals surface area contributed by atoms with E-state index in [4.69, 9.17) is 4.42 Å². The minimum atomic E-state index is -0.693. The fraction of sp³-hybridized carbons (Fsp3) is 0.250. The molecule has 0 bridgehead atoms. The van der Waals surface area contributed by atoms with Crippen molar-refractivity contribution in [2.24, 2.45) is 0 Å². The largest absolute Gasteiger partial charge is 0.448 e. The van der Waals surface area contributed by atoms with Crippen molar-refractivity contribution in [2.75, 3.05) is 11.4 Å². The number of furan rings is 1. The topological polar surface area (TPSA) is 48.6 Å². The van der Waals surface area contributed by atoms with Gasteiger partial charge in [-0.15, -0.1) is 0 Å². The summed E-state index contributed by atoms with van der Waals surface area (Å²) >= 11 is 0. The third kappa shape index (κ3) is 1.22. The van der Waals surface area contributed by atoms with Crippen LogP contribution in [0.25, 0.3) is 0 Å². The molecule has 1 aromatic heterocycles. The highest BCUT2D eigenvalue weighted by Gasteiger charge is 2.17. The Morgan fingerprint density at radius 1 is 1.67 bits per heavy atom. The second-order valence-electron chi connectivity index (χ2n) is 2.53. The molecule has 0 radical (unpaired) electrons. The van der Waals surface area contributed by atoms with Gasteiger partial charge < -0.3 is 9.52 Å². The summed E-state index contributed by atoms with van der Waals surface area (Å²) in [5.41, 5.74) is 0. The van der Waals surface area contributed by atoms with Gasteiger partial charge >= 0.3 is 0 Å². The molecule has 0 fully saturated rings. The quantitative estimate of drug-likeness (QED) is 0.637. The summed E-state index contributed by atoms with van der Waals surface area (Å²) in [5.74, 6) is 0.631. The summed E-state index contributed by atoms with van der Waals surface area (Å²) in [5, 5.41) is 12.3.